The van der Waals surface area contributed by atoms with E-state index in [-0.39, 0.29) is 36.0 Å². The van der Waals surface area contributed by atoms with Gasteiger partial charge in [-0.25, -0.2) is 0 Å². The van der Waals surface area contributed by atoms with E-state index in [1.165, 1.54) is 23.2 Å². The molecule has 1 N–H and O–H groups in total. The van der Waals surface area contributed by atoms with Crippen LogP contribution in [0.25, 0.3) is 0 Å². The molecule has 1 aromatic carbocycles. The molecule has 2 saturated heterocycles. The van der Waals surface area contributed by atoms with Crippen LogP contribution in [-0.2, 0) is 22.5 Å². The summed E-state index contributed by atoms with van der Waals surface area (Å²) in [6.07, 6.45) is 4.01. The summed E-state index contributed by atoms with van der Waals surface area (Å²) in [4.78, 5) is 23.5. The normalized spacial score (nSPS) is 21.9. The number of ether oxygens (including phenoxy) is 1. The second-order valence-electron chi connectivity index (χ2n) is 8.20. The lowest BCUT2D eigenvalue weighted by Gasteiger charge is -2.37. The predicted octanol–water partition coefficient (Wildman–Crippen LogP) is 2.09. The third kappa shape index (κ3) is 5.19. The second kappa shape index (κ2) is 10.7. The van der Waals surface area contributed by atoms with Gasteiger partial charge in [0.25, 0.3) is 5.91 Å². The van der Waals surface area contributed by atoms with Gasteiger partial charge in [0.1, 0.15) is 6.10 Å². The van der Waals surface area contributed by atoms with E-state index in [0.717, 1.165) is 64.5 Å². The molecule has 3 heterocycles. The number of halogens is 1. The van der Waals surface area contributed by atoms with E-state index in [1.54, 1.807) is 0 Å². The molecular weight excluding hydrogens is 493 g/mol. The molecule has 0 spiro atoms. The largest absolute Gasteiger partial charge is 0.374 e. The number of nitrogens with zero attached hydrogens (tertiary/aromatic N) is 4. The number of fused-ring (bicyclic) bond motifs is 1. The Bertz CT molecular complexity index is 758. The van der Waals surface area contributed by atoms with Gasteiger partial charge in [0.15, 0.2) is 5.96 Å². The van der Waals surface area contributed by atoms with Gasteiger partial charge < -0.3 is 24.8 Å². The molecule has 0 radical (unpaired) electrons. The average Bonchev–Trinajstić information content (AvgIpc) is 3.29. The van der Waals surface area contributed by atoms with E-state index in [2.05, 4.69) is 45.4 Å². The van der Waals surface area contributed by atoms with E-state index < -0.39 is 0 Å². The topological polar surface area (TPSA) is 60.4 Å². The zero-order valence-corrected chi connectivity index (χ0v) is 20.4. The number of anilines is 1. The molecule has 30 heavy (non-hydrogen) atoms. The molecule has 0 saturated carbocycles. The van der Waals surface area contributed by atoms with Crippen molar-refractivity contribution in [2.75, 3.05) is 58.3 Å². The molecule has 1 atom stereocenters. The number of piperazine rings is 1. The number of rotatable bonds is 3. The molecule has 3 aliphatic heterocycles. The SMILES string of the molecule is CN=C(NCc1ccc2c(c1)CCCN2C)N1CCN(C(=O)C2CCCO2)CC1.I. The van der Waals surface area contributed by atoms with E-state index in [9.17, 15) is 4.79 Å². The summed E-state index contributed by atoms with van der Waals surface area (Å²) < 4.78 is 5.55. The highest BCUT2D eigenvalue weighted by Gasteiger charge is 2.30. The maximum absolute atomic E-state index is 12.5. The number of aryl methyl sites for hydroxylation is 1. The molecule has 0 aliphatic carbocycles. The minimum Gasteiger partial charge on any atom is -0.374 e. The molecule has 3 aliphatic rings. The van der Waals surface area contributed by atoms with Crippen molar-refractivity contribution >= 4 is 41.5 Å². The number of carbonyl (C=O) groups is 1. The Morgan fingerprint density at radius 2 is 1.93 bits per heavy atom. The second-order valence-corrected chi connectivity index (χ2v) is 8.20. The highest BCUT2D eigenvalue weighted by molar-refractivity contribution is 14.0. The first kappa shape index (κ1) is 23.1. The summed E-state index contributed by atoms with van der Waals surface area (Å²) in [6, 6.07) is 6.77. The van der Waals surface area contributed by atoms with Crippen molar-refractivity contribution in [2.24, 2.45) is 4.99 Å². The highest BCUT2D eigenvalue weighted by Crippen LogP contribution is 2.26. The van der Waals surface area contributed by atoms with Crippen LogP contribution in [0.4, 0.5) is 5.69 Å². The van der Waals surface area contributed by atoms with Crippen molar-refractivity contribution in [2.45, 2.75) is 38.3 Å². The van der Waals surface area contributed by atoms with Crippen molar-refractivity contribution < 1.29 is 9.53 Å². The van der Waals surface area contributed by atoms with Crippen molar-refractivity contribution in [1.82, 2.24) is 15.1 Å². The molecule has 2 fully saturated rings. The van der Waals surface area contributed by atoms with Crippen LogP contribution in [0.15, 0.2) is 23.2 Å². The third-order valence-electron chi connectivity index (χ3n) is 6.25. The zero-order valence-electron chi connectivity index (χ0n) is 18.1. The fourth-order valence-corrected chi connectivity index (χ4v) is 4.58. The van der Waals surface area contributed by atoms with Crippen LogP contribution in [0.3, 0.4) is 0 Å². The average molecular weight is 527 g/mol. The number of carbonyl (C=O) groups excluding carboxylic acids is 1. The quantitative estimate of drug-likeness (QED) is 0.371. The van der Waals surface area contributed by atoms with Crippen molar-refractivity contribution in [3.8, 4) is 0 Å². The number of hydrogen-bond donors (Lipinski definition) is 1. The number of guanidine groups is 1. The number of amides is 1. The maximum atomic E-state index is 12.5. The smallest absolute Gasteiger partial charge is 0.251 e. The Labute approximate surface area is 196 Å². The zero-order chi connectivity index (χ0) is 20.2. The van der Waals surface area contributed by atoms with E-state index in [4.69, 9.17) is 4.74 Å². The van der Waals surface area contributed by atoms with Crippen LogP contribution in [0.1, 0.15) is 30.4 Å². The summed E-state index contributed by atoms with van der Waals surface area (Å²) in [5.74, 6) is 1.06. The van der Waals surface area contributed by atoms with Gasteiger partial charge in [-0.2, -0.15) is 0 Å². The Hall–Kier alpha value is -1.55. The van der Waals surface area contributed by atoms with Crippen LogP contribution in [0, 0.1) is 0 Å². The third-order valence-corrected chi connectivity index (χ3v) is 6.25. The highest BCUT2D eigenvalue weighted by atomic mass is 127. The standard InChI is InChI=1S/C22H33N5O2.HI/c1-23-22(24-16-17-7-8-19-18(15-17)5-3-9-25(19)2)27-12-10-26(11-13-27)21(28)20-6-4-14-29-20;/h7-8,15,20H,3-6,9-14,16H2,1-2H3,(H,23,24);1H. The molecule has 1 unspecified atom stereocenters. The molecule has 0 aromatic heterocycles. The van der Waals surface area contributed by atoms with E-state index in [1.807, 2.05) is 11.9 Å². The van der Waals surface area contributed by atoms with Crippen molar-refractivity contribution in [3.63, 3.8) is 0 Å². The lowest BCUT2D eigenvalue weighted by molar-refractivity contribution is -0.142. The van der Waals surface area contributed by atoms with Crippen LogP contribution in [-0.4, -0.2) is 81.2 Å². The van der Waals surface area contributed by atoms with E-state index >= 15 is 0 Å². The molecule has 4 rings (SSSR count). The molecule has 0 bridgehead atoms. The van der Waals surface area contributed by atoms with Crippen LogP contribution in [0.5, 0.6) is 0 Å². The van der Waals surface area contributed by atoms with Gasteiger partial charge >= 0.3 is 0 Å². The first-order chi connectivity index (χ1) is 14.2. The van der Waals surface area contributed by atoms with Gasteiger partial charge in [0.05, 0.1) is 0 Å². The Balaban J connectivity index is 0.00000256. The Kier molecular flexibility index (Phi) is 8.21. The number of aliphatic imine (C=N–C) groups is 1. The Morgan fingerprint density at radius 3 is 2.63 bits per heavy atom. The monoisotopic (exact) mass is 527 g/mol. The summed E-state index contributed by atoms with van der Waals surface area (Å²) in [5.41, 5.74) is 4.08. The first-order valence-corrected chi connectivity index (χ1v) is 10.8. The van der Waals surface area contributed by atoms with Gasteiger partial charge in [-0.15, -0.1) is 24.0 Å². The van der Waals surface area contributed by atoms with Crippen LogP contribution in [0.2, 0.25) is 0 Å². The fourth-order valence-electron chi connectivity index (χ4n) is 4.58. The van der Waals surface area contributed by atoms with Gasteiger partial charge in [-0.3, -0.25) is 9.79 Å². The molecular formula is C22H34IN5O2. The summed E-state index contributed by atoms with van der Waals surface area (Å²) >= 11 is 0. The van der Waals surface area contributed by atoms with Crippen LogP contribution < -0.4 is 10.2 Å². The Morgan fingerprint density at radius 1 is 1.17 bits per heavy atom. The minimum atomic E-state index is -0.220. The van der Waals surface area contributed by atoms with Crippen LogP contribution >= 0.6 is 24.0 Å². The maximum Gasteiger partial charge on any atom is 0.251 e. The van der Waals surface area contributed by atoms with Gasteiger partial charge in [-0.05, 0) is 42.9 Å². The number of hydrogen-bond acceptors (Lipinski definition) is 4. The van der Waals surface area contributed by atoms with Gasteiger partial charge in [-0.1, -0.05) is 12.1 Å². The van der Waals surface area contributed by atoms with Gasteiger partial charge in [0.2, 0.25) is 0 Å². The number of nitrogens with one attached hydrogen (secondary N) is 1. The lowest BCUT2D eigenvalue weighted by atomic mass is 9.99. The fraction of sp³-hybridized carbons (Fsp3) is 0.636. The predicted molar refractivity (Wildman–Crippen MR) is 131 cm³/mol. The summed E-state index contributed by atoms with van der Waals surface area (Å²) in [7, 11) is 4.00. The van der Waals surface area contributed by atoms with Gasteiger partial charge in [0, 0.05) is 65.7 Å². The minimum absolute atomic E-state index is 0. The number of benzene rings is 1. The lowest BCUT2D eigenvalue weighted by Crippen LogP contribution is -2.55. The molecule has 8 heteroatoms. The van der Waals surface area contributed by atoms with E-state index in [0.29, 0.717) is 6.61 Å². The molecule has 1 aromatic rings. The van der Waals surface area contributed by atoms with Crippen molar-refractivity contribution in [1.29, 1.82) is 0 Å². The molecule has 1 amide bonds. The summed E-state index contributed by atoms with van der Waals surface area (Å²) in [6.45, 7) is 5.67. The first-order valence-electron chi connectivity index (χ1n) is 10.8. The summed E-state index contributed by atoms with van der Waals surface area (Å²) in [5, 5.41) is 3.51. The molecule has 166 valence electrons. The van der Waals surface area contributed by atoms with Crippen molar-refractivity contribution in [3.05, 3.63) is 29.3 Å². The molecule has 7 nitrogen and oxygen atoms in total.